The number of amides is 1. The molecule has 4 aliphatic rings. The Morgan fingerprint density at radius 2 is 1.86 bits per heavy atom. The molecule has 3 fully saturated rings. The Bertz CT molecular complexity index is 911. The molecule has 0 aromatic rings. The second-order valence-corrected chi connectivity index (χ2v) is 12.4. The van der Waals surface area contributed by atoms with Gasteiger partial charge >= 0.3 is 5.97 Å². The fourth-order valence-corrected chi connectivity index (χ4v) is 7.96. The van der Waals surface area contributed by atoms with Crippen molar-refractivity contribution in [1.82, 2.24) is 5.32 Å². The van der Waals surface area contributed by atoms with E-state index in [-0.39, 0.29) is 23.4 Å². The first-order chi connectivity index (χ1) is 16.4. The summed E-state index contributed by atoms with van der Waals surface area (Å²) in [5, 5.41) is 27.3. The van der Waals surface area contributed by atoms with Crippen molar-refractivity contribution >= 4 is 17.6 Å². The Labute approximate surface area is 209 Å². The van der Waals surface area contributed by atoms with E-state index in [4.69, 9.17) is 4.84 Å². The molecule has 4 unspecified atom stereocenters. The van der Waals surface area contributed by atoms with Crippen molar-refractivity contribution in [3.8, 4) is 0 Å². The highest BCUT2D eigenvalue weighted by Gasteiger charge is 2.62. The van der Waals surface area contributed by atoms with E-state index < -0.39 is 23.5 Å². The molecule has 196 valence electrons. The van der Waals surface area contributed by atoms with Gasteiger partial charge in [-0.2, -0.15) is 0 Å². The number of carboxylic acids is 1. The maximum absolute atomic E-state index is 12.2. The normalized spacial score (nSPS) is 41.1. The zero-order valence-corrected chi connectivity index (χ0v) is 22.1. The molecule has 0 spiro atoms. The van der Waals surface area contributed by atoms with Gasteiger partial charge in [-0.05, 0) is 98.9 Å². The van der Waals surface area contributed by atoms with Crippen molar-refractivity contribution in [2.45, 2.75) is 104 Å². The average Bonchev–Trinajstić information content (AvgIpc) is 3.05. The molecule has 0 aliphatic heterocycles. The molecule has 4 aliphatic carbocycles. The highest BCUT2D eigenvalue weighted by Crippen LogP contribution is 2.67. The summed E-state index contributed by atoms with van der Waals surface area (Å²) in [5.74, 6) is 0.277. The minimum absolute atomic E-state index is 0.0377. The molecule has 1 amide bonds. The van der Waals surface area contributed by atoms with E-state index in [1.165, 1.54) is 18.4 Å². The fourth-order valence-electron chi connectivity index (χ4n) is 7.96. The third-order valence-electron chi connectivity index (χ3n) is 10.7. The Morgan fingerprint density at radius 1 is 1.14 bits per heavy atom. The summed E-state index contributed by atoms with van der Waals surface area (Å²) in [6.45, 7) is 10.2. The number of aliphatic carboxylic acids is 1. The largest absolute Gasteiger partial charge is 0.480 e. The molecule has 0 heterocycles. The van der Waals surface area contributed by atoms with E-state index in [1.807, 2.05) is 13.8 Å². The van der Waals surface area contributed by atoms with Gasteiger partial charge < -0.3 is 20.4 Å². The van der Waals surface area contributed by atoms with E-state index in [1.54, 1.807) is 0 Å². The van der Waals surface area contributed by atoms with Crippen LogP contribution in [0, 0.1) is 34.5 Å². The predicted molar refractivity (Wildman–Crippen MR) is 135 cm³/mol. The third-order valence-corrected chi connectivity index (χ3v) is 10.7. The average molecular weight is 489 g/mol. The Balaban J connectivity index is 1.39. The van der Waals surface area contributed by atoms with Crippen LogP contribution in [0.5, 0.6) is 0 Å². The Morgan fingerprint density at radius 3 is 2.54 bits per heavy atom. The lowest BCUT2D eigenvalue weighted by molar-refractivity contribution is -0.144. The van der Waals surface area contributed by atoms with Gasteiger partial charge in [0, 0.05) is 0 Å². The summed E-state index contributed by atoms with van der Waals surface area (Å²) in [5.41, 5.74) is 1.97. The quantitative estimate of drug-likeness (QED) is 0.451. The van der Waals surface area contributed by atoms with Crippen molar-refractivity contribution in [1.29, 1.82) is 0 Å². The van der Waals surface area contributed by atoms with E-state index in [9.17, 15) is 19.8 Å². The first-order valence-corrected chi connectivity index (χ1v) is 13.6. The number of nitrogens with one attached hydrogen (secondary N) is 1. The van der Waals surface area contributed by atoms with E-state index >= 15 is 0 Å². The van der Waals surface area contributed by atoms with Crippen LogP contribution in [0.25, 0.3) is 0 Å². The number of aliphatic hydroxyl groups is 1. The number of nitrogens with zero attached hydrogens (tertiary/aromatic N) is 1. The third kappa shape index (κ3) is 4.54. The number of fused-ring (bicyclic) bond motifs is 5. The number of oxime groups is 1. The molecule has 4 rings (SSSR count). The molecule has 0 bridgehead atoms. The van der Waals surface area contributed by atoms with Crippen LogP contribution in [-0.2, 0) is 14.4 Å². The van der Waals surface area contributed by atoms with Gasteiger partial charge in [-0.3, -0.25) is 4.79 Å². The number of carbonyl (C=O) groups excluding carboxylic acids is 1. The van der Waals surface area contributed by atoms with E-state index in [0.717, 1.165) is 44.2 Å². The van der Waals surface area contributed by atoms with Crippen molar-refractivity contribution in [3.63, 3.8) is 0 Å². The number of carboxylic acid groups (broad SMARTS) is 1. The van der Waals surface area contributed by atoms with Gasteiger partial charge in [0.2, 0.25) is 0 Å². The lowest BCUT2D eigenvalue weighted by atomic mass is 9.46. The number of carbonyl (C=O) groups is 2. The first-order valence-electron chi connectivity index (χ1n) is 13.6. The lowest BCUT2D eigenvalue weighted by Crippen LogP contribution is -2.53. The fraction of sp³-hybridized carbons (Fsp3) is 0.821. The van der Waals surface area contributed by atoms with Gasteiger partial charge in [-0.1, -0.05) is 44.8 Å². The van der Waals surface area contributed by atoms with Crippen molar-refractivity contribution in [3.05, 3.63) is 11.6 Å². The van der Waals surface area contributed by atoms with Crippen LogP contribution in [0.4, 0.5) is 0 Å². The molecule has 0 aromatic carbocycles. The van der Waals surface area contributed by atoms with E-state index in [0.29, 0.717) is 24.2 Å². The highest BCUT2D eigenvalue weighted by atomic mass is 16.6. The minimum atomic E-state index is -1.03. The number of hydrogen-bond donors (Lipinski definition) is 3. The second-order valence-electron chi connectivity index (χ2n) is 12.4. The maximum Gasteiger partial charge on any atom is 0.326 e. The van der Waals surface area contributed by atoms with Gasteiger partial charge in [-0.25, -0.2) is 4.79 Å². The Kier molecular flexibility index (Phi) is 7.13. The van der Waals surface area contributed by atoms with Crippen LogP contribution in [0.3, 0.4) is 0 Å². The SMILES string of the molecule is CCC(C)C(NC(=O)CO/N=C1/C=C2CC[C@H]3C(CC[C@]4(C)C3CC[C@@]4(C)O)[C@]2(C)CC1)C(=O)O. The van der Waals surface area contributed by atoms with E-state index in [2.05, 4.69) is 37.3 Å². The summed E-state index contributed by atoms with van der Waals surface area (Å²) in [4.78, 5) is 29.0. The molecule has 7 heteroatoms. The van der Waals surface area contributed by atoms with Crippen molar-refractivity contribution in [2.75, 3.05) is 6.61 Å². The molecule has 7 nitrogen and oxygen atoms in total. The zero-order valence-electron chi connectivity index (χ0n) is 22.1. The van der Waals surface area contributed by atoms with Gasteiger partial charge in [0.05, 0.1) is 11.3 Å². The molecule has 0 radical (unpaired) electrons. The number of rotatable bonds is 7. The minimum Gasteiger partial charge on any atom is -0.480 e. The molecular formula is C28H44N2O5. The van der Waals surface area contributed by atoms with Crippen LogP contribution < -0.4 is 5.32 Å². The van der Waals surface area contributed by atoms with Crippen LogP contribution in [0.2, 0.25) is 0 Å². The molecule has 0 aromatic heterocycles. The summed E-state index contributed by atoms with van der Waals surface area (Å²) in [6, 6.07) is -0.919. The van der Waals surface area contributed by atoms with Crippen LogP contribution in [0.1, 0.15) is 92.4 Å². The Hall–Kier alpha value is -1.89. The van der Waals surface area contributed by atoms with Gasteiger partial charge in [-0.15, -0.1) is 0 Å². The van der Waals surface area contributed by atoms with Crippen LogP contribution in [0.15, 0.2) is 16.8 Å². The molecule has 0 saturated heterocycles. The lowest BCUT2D eigenvalue weighted by Gasteiger charge is -2.59. The molecular weight excluding hydrogens is 444 g/mol. The number of hydrogen-bond acceptors (Lipinski definition) is 5. The topological polar surface area (TPSA) is 108 Å². The first kappa shape index (κ1) is 26.2. The summed E-state index contributed by atoms with van der Waals surface area (Å²) in [6.07, 6.45) is 11.3. The predicted octanol–water partition coefficient (Wildman–Crippen LogP) is 4.69. The van der Waals surface area contributed by atoms with Gasteiger partial charge in [0.1, 0.15) is 6.04 Å². The molecule has 35 heavy (non-hydrogen) atoms. The molecule has 3 saturated carbocycles. The summed E-state index contributed by atoms with van der Waals surface area (Å²) in [7, 11) is 0. The smallest absolute Gasteiger partial charge is 0.326 e. The van der Waals surface area contributed by atoms with Crippen molar-refractivity contribution in [2.24, 2.45) is 39.7 Å². The van der Waals surface area contributed by atoms with Crippen molar-refractivity contribution < 1.29 is 24.6 Å². The highest BCUT2D eigenvalue weighted by molar-refractivity contribution is 5.96. The van der Waals surface area contributed by atoms with Gasteiger partial charge in [0.25, 0.3) is 5.91 Å². The maximum atomic E-state index is 12.2. The number of allylic oxidation sites excluding steroid dienone is 2. The zero-order chi connectivity index (χ0) is 25.6. The molecule has 3 N–H and O–H groups in total. The monoisotopic (exact) mass is 488 g/mol. The van der Waals surface area contributed by atoms with Crippen LogP contribution in [-0.4, -0.2) is 46.1 Å². The standard InChI is InChI=1S/C28H44N2O5/c1-6-17(2)24(25(32)33)29-23(31)16-35-30-19-9-12-26(3)18(15-19)7-8-20-21(26)10-13-27(4)22(20)11-14-28(27,5)34/h15,17,20-22,24,34H,6-14,16H2,1-5H3,(H,29,31)(H,32,33)/b30-19+/t17?,20-,21?,22?,24?,26+,27+,28+/m0/s1. The summed E-state index contributed by atoms with van der Waals surface area (Å²) >= 11 is 0. The van der Waals surface area contributed by atoms with Crippen LogP contribution >= 0.6 is 0 Å². The molecule has 8 atom stereocenters. The van der Waals surface area contributed by atoms with Gasteiger partial charge in [0.15, 0.2) is 6.61 Å². The second kappa shape index (κ2) is 9.53. The summed E-state index contributed by atoms with van der Waals surface area (Å²) < 4.78 is 0.